The summed E-state index contributed by atoms with van der Waals surface area (Å²) in [7, 11) is 0. The van der Waals surface area contributed by atoms with Crippen LogP contribution in [-0.4, -0.2) is 43.3 Å². The molecular formula is C30H39BrN2O4. The SMILES string of the molecule is CCCCOc1cc2c(c(Br)c1OCCN)C[C@H]1C3CCCC[C@@]23CCN1C(=O)OCc1ccccc1. The zero-order chi connectivity index (χ0) is 25.8. The van der Waals surface area contributed by atoms with Gasteiger partial charge in [-0.15, -0.1) is 0 Å². The maximum absolute atomic E-state index is 13.4. The summed E-state index contributed by atoms with van der Waals surface area (Å²) in [4.78, 5) is 15.4. The Morgan fingerprint density at radius 2 is 2.00 bits per heavy atom. The molecular weight excluding hydrogens is 532 g/mol. The number of benzene rings is 2. The Balaban J connectivity index is 1.48. The first-order valence-corrected chi connectivity index (χ1v) is 14.7. The Morgan fingerprint density at radius 1 is 1.16 bits per heavy atom. The predicted molar refractivity (Wildman–Crippen MR) is 148 cm³/mol. The van der Waals surface area contributed by atoms with E-state index in [0.29, 0.717) is 32.3 Å². The molecule has 7 heteroatoms. The molecule has 0 aromatic heterocycles. The van der Waals surface area contributed by atoms with Crippen LogP contribution in [0.15, 0.2) is 40.9 Å². The zero-order valence-corrected chi connectivity index (χ0v) is 23.4. The van der Waals surface area contributed by atoms with Crippen molar-refractivity contribution >= 4 is 22.0 Å². The minimum Gasteiger partial charge on any atom is -0.490 e. The van der Waals surface area contributed by atoms with E-state index in [0.717, 1.165) is 66.6 Å². The Hall–Kier alpha value is -2.25. The molecule has 1 saturated heterocycles. The third-order valence-electron chi connectivity index (χ3n) is 8.56. The summed E-state index contributed by atoms with van der Waals surface area (Å²) < 4.78 is 19.2. The normalized spacial score (nSPS) is 24.1. The second-order valence-corrected chi connectivity index (χ2v) is 11.4. The van der Waals surface area contributed by atoms with Crippen LogP contribution in [0, 0.1) is 5.92 Å². The summed E-state index contributed by atoms with van der Waals surface area (Å²) in [5.74, 6) is 1.98. The highest BCUT2D eigenvalue weighted by Crippen LogP contribution is 2.59. The molecule has 1 heterocycles. The van der Waals surface area contributed by atoms with Crippen LogP contribution in [0.2, 0.25) is 0 Å². The van der Waals surface area contributed by atoms with E-state index in [4.69, 9.17) is 19.9 Å². The summed E-state index contributed by atoms with van der Waals surface area (Å²) >= 11 is 3.92. The fourth-order valence-electron chi connectivity index (χ4n) is 6.82. The number of piperidine rings is 1. The maximum Gasteiger partial charge on any atom is 0.410 e. The second kappa shape index (κ2) is 11.6. The quantitative estimate of drug-likeness (QED) is 0.355. The summed E-state index contributed by atoms with van der Waals surface area (Å²) in [5.41, 5.74) is 9.49. The van der Waals surface area contributed by atoms with Crippen molar-refractivity contribution in [3.05, 3.63) is 57.6 Å². The molecule has 2 fully saturated rings. The molecule has 5 rings (SSSR count). The summed E-state index contributed by atoms with van der Waals surface area (Å²) in [6.07, 6.45) is 8.34. The van der Waals surface area contributed by atoms with Gasteiger partial charge in [-0.1, -0.05) is 56.5 Å². The van der Waals surface area contributed by atoms with Crippen LogP contribution in [0.1, 0.15) is 68.6 Å². The fourth-order valence-corrected chi connectivity index (χ4v) is 7.51. The number of ether oxygens (including phenoxy) is 3. The Labute approximate surface area is 229 Å². The molecule has 2 bridgehead atoms. The summed E-state index contributed by atoms with van der Waals surface area (Å²) in [6, 6.07) is 12.3. The number of rotatable bonds is 9. The van der Waals surface area contributed by atoms with E-state index in [1.807, 2.05) is 35.2 Å². The lowest BCUT2D eigenvalue weighted by Gasteiger charge is -2.58. The molecule has 2 N–H and O–H groups in total. The fraction of sp³-hybridized carbons (Fsp3) is 0.567. The number of likely N-dealkylation sites (tertiary alicyclic amines) is 1. The molecule has 0 spiro atoms. The topological polar surface area (TPSA) is 74.0 Å². The average molecular weight is 572 g/mol. The van der Waals surface area contributed by atoms with Gasteiger partial charge < -0.3 is 24.8 Å². The number of amides is 1. The van der Waals surface area contributed by atoms with Crippen LogP contribution in [0.5, 0.6) is 11.5 Å². The smallest absolute Gasteiger partial charge is 0.410 e. The molecule has 2 aromatic rings. The highest BCUT2D eigenvalue weighted by Gasteiger charge is 2.56. The van der Waals surface area contributed by atoms with E-state index in [1.165, 1.54) is 24.0 Å². The van der Waals surface area contributed by atoms with Crippen molar-refractivity contribution in [1.29, 1.82) is 0 Å². The molecule has 6 nitrogen and oxygen atoms in total. The summed E-state index contributed by atoms with van der Waals surface area (Å²) in [5, 5.41) is 0. The molecule has 3 aliphatic rings. The van der Waals surface area contributed by atoms with E-state index in [9.17, 15) is 4.79 Å². The molecule has 2 aromatic carbocycles. The van der Waals surface area contributed by atoms with Crippen molar-refractivity contribution in [3.63, 3.8) is 0 Å². The monoisotopic (exact) mass is 570 g/mol. The van der Waals surface area contributed by atoms with Crippen molar-refractivity contribution < 1.29 is 19.0 Å². The van der Waals surface area contributed by atoms with Crippen molar-refractivity contribution in [2.45, 2.75) is 76.4 Å². The number of carbonyl (C=O) groups is 1. The maximum atomic E-state index is 13.4. The zero-order valence-electron chi connectivity index (χ0n) is 21.8. The lowest BCUT2D eigenvalue weighted by atomic mass is 9.52. The first-order chi connectivity index (χ1) is 18.1. The number of carbonyl (C=O) groups excluding carboxylic acids is 1. The number of nitrogens with zero attached hydrogens (tertiary/aromatic N) is 1. The van der Waals surface area contributed by atoms with Crippen molar-refractivity contribution in [3.8, 4) is 11.5 Å². The molecule has 200 valence electrons. The molecule has 1 aliphatic heterocycles. The van der Waals surface area contributed by atoms with Crippen molar-refractivity contribution in [2.75, 3.05) is 26.3 Å². The van der Waals surface area contributed by atoms with Gasteiger partial charge in [0.1, 0.15) is 13.2 Å². The molecule has 1 amide bonds. The Morgan fingerprint density at radius 3 is 2.78 bits per heavy atom. The standard InChI is InChI=1S/C30H39BrN2O4/c1-2-3-16-35-26-19-24-22(27(31)28(26)36-17-14-32)18-25-23-11-7-8-12-30(23,24)13-15-33(25)29(34)37-20-21-9-5-4-6-10-21/h4-6,9-10,19,23,25H,2-3,7-8,11-18,20,32H2,1H3/t23?,25-,30-/m0/s1. The van der Waals surface area contributed by atoms with Gasteiger partial charge in [-0.05, 0) is 76.7 Å². The van der Waals surface area contributed by atoms with Gasteiger partial charge in [-0.3, -0.25) is 0 Å². The van der Waals surface area contributed by atoms with E-state index in [2.05, 4.69) is 28.9 Å². The number of hydrogen-bond acceptors (Lipinski definition) is 5. The van der Waals surface area contributed by atoms with Gasteiger partial charge in [0.05, 0.1) is 11.1 Å². The molecule has 37 heavy (non-hydrogen) atoms. The van der Waals surface area contributed by atoms with Crippen LogP contribution in [0.4, 0.5) is 4.79 Å². The minimum absolute atomic E-state index is 0.0600. The van der Waals surface area contributed by atoms with Gasteiger partial charge >= 0.3 is 6.09 Å². The van der Waals surface area contributed by atoms with Gasteiger partial charge in [-0.2, -0.15) is 0 Å². The van der Waals surface area contributed by atoms with Crippen LogP contribution in [-0.2, 0) is 23.2 Å². The molecule has 1 saturated carbocycles. The number of halogens is 1. The van der Waals surface area contributed by atoms with Crippen molar-refractivity contribution in [2.24, 2.45) is 11.7 Å². The molecule has 3 atom stereocenters. The van der Waals surface area contributed by atoms with Gasteiger partial charge in [-0.25, -0.2) is 4.79 Å². The van der Waals surface area contributed by atoms with Gasteiger partial charge in [0.15, 0.2) is 11.5 Å². The molecule has 1 unspecified atom stereocenters. The average Bonchev–Trinajstić information content (AvgIpc) is 2.93. The molecule has 0 radical (unpaired) electrons. The lowest BCUT2D eigenvalue weighted by Crippen LogP contribution is -2.62. The van der Waals surface area contributed by atoms with Crippen LogP contribution in [0.25, 0.3) is 0 Å². The van der Waals surface area contributed by atoms with Gasteiger partial charge in [0, 0.05) is 24.5 Å². The second-order valence-electron chi connectivity index (χ2n) is 10.6. The number of hydrogen-bond donors (Lipinski definition) is 1. The minimum atomic E-state index is -0.202. The van der Waals surface area contributed by atoms with E-state index in [-0.39, 0.29) is 17.6 Å². The number of nitrogens with two attached hydrogens (primary N) is 1. The van der Waals surface area contributed by atoms with E-state index >= 15 is 0 Å². The van der Waals surface area contributed by atoms with E-state index in [1.54, 1.807) is 0 Å². The number of fused-ring (bicyclic) bond motifs is 1. The first-order valence-electron chi connectivity index (χ1n) is 13.9. The summed E-state index contributed by atoms with van der Waals surface area (Å²) in [6.45, 7) is 4.73. The molecule has 2 aliphatic carbocycles. The highest BCUT2D eigenvalue weighted by atomic mass is 79.9. The lowest BCUT2D eigenvalue weighted by molar-refractivity contribution is -0.0139. The largest absolute Gasteiger partial charge is 0.490 e. The third kappa shape index (κ3) is 5.09. The first kappa shape index (κ1) is 26.4. The predicted octanol–water partition coefficient (Wildman–Crippen LogP) is 6.36. The Bertz CT molecular complexity index is 1090. The van der Waals surface area contributed by atoms with Crippen LogP contribution in [0.3, 0.4) is 0 Å². The van der Waals surface area contributed by atoms with Crippen molar-refractivity contribution in [1.82, 2.24) is 4.90 Å². The Kier molecular flexibility index (Phi) is 8.30. The number of unbranched alkanes of at least 4 members (excludes halogenated alkanes) is 1. The van der Waals surface area contributed by atoms with Gasteiger partial charge in [0.2, 0.25) is 0 Å². The third-order valence-corrected chi connectivity index (χ3v) is 9.40. The van der Waals surface area contributed by atoms with Crippen LogP contribution >= 0.6 is 15.9 Å². The van der Waals surface area contributed by atoms with E-state index < -0.39 is 0 Å². The highest BCUT2D eigenvalue weighted by molar-refractivity contribution is 9.10. The van der Waals surface area contributed by atoms with Gasteiger partial charge in [0.25, 0.3) is 0 Å². The van der Waals surface area contributed by atoms with Crippen LogP contribution < -0.4 is 15.2 Å².